The van der Waals surface area contributed by atoms with Gasteiger partial charge in [0.2, 0.25) is 23.6 Å². The Morgan fingerprint density at radius 3 is 1.19 bits per heavy atom. The molecule has 0 saturated heterocycles. The van der Waals surface area contributed by atoms with E-state index in [0.29, 0.717) is 52.1 Å². The van der Waals surface area contributed by atoms with Crippen molar-refractivity contribution < 1.29 is 43.3 Å². The number of carbonyl (C=O) groups excluding carboxylic acids is 4. The van der Waals surface area contributed by atoms with Gasteiger partial charge in [-0.05, 0) is 38.5 Å². The normalized spacial score (nSPS) is 11.2. The van der Waals surface area contributed by atoms with E-state index < -0.39 is 11.5 Å². The van der Waals surface area contributed by atoms with Crippen molar-refractivity contribution in [1.82, 2.24) is 21.3 Å². The first-order chi connectivity index (χ1) is 23.2. The van der Waals surface area contributed by atoms with Gasteiger partial charge in [0.05, 0.1) is 46.1 Å². The van der Waals surface area contributed by atoms with Crippen LogP contribution >= 0.6 is 0 Å². The summed E-state index contributed by atoms with van der Waals surface area (Å²) in [6.07, 6.45) is 10.3. The van der Waals surface area contributed by atoms with Crippen molar-refractivity contribution in [3.63, 3.8) is 0 Å². The summed E-state index contributed by atoms with van der Waals surface area (Å²) in [6.45, 7) is 9.48. The fourth-order valence-corrected chi connectivity index (χ4v) is 4.92. The Morgan fingerprint density at radius 2 is 0.833 bits per heavy atom. The molecular weight excluding hydrogens is 620 g/mol. The Bertz CT molecular complexity index is 804. The van der Waals surface area contributed by atoms with Crippen LogP contribution in [0.15, 0.2) is 0 Å². The quantitative estimate of drug-likeness (QED) is 0.0625. The van der Waals surface area contributed by atoms with Gasteiger partial charge < -0.3 is 40.6 Å². The zero-order chi connectivity index (χ0) is 35.7. The van der Waals surface area contributed by atoms with E-state index in [1.165, 1.54) is 0 Å². The Hall–Kier alpha value is -2.77. The molecule has 0 fully saturated rings. The van der Waals surface area contributed by atoms with Gasteiger partial charge in [-0.15, -0.1) is 0 Å². The lowest BCUT2D eigenvalue weighted by molar-refractivity contribution is -0.138. The van der Waals surface area contributed by atoms with Gasteiger partial charge >= 0.3 is 5.97 Å². The molecule has 4 amide bonds. The molecule has 280 valence electrons. The number of hydrogen-bond acceptors (Lipinski definition) is 8. The van der Waals surface area contributed by atoms with Crippen molar-refractivity contribution in [1.29, 1.82) is 0 Å². The Kier molecular flexibility index (Phi) is 29.7. The van der Waals surface area contributed by atoms with Crippen molar-refractivity contribution in [2.75, 3.05) is 59.3 Å². The topological polar surface area (TPSA) is 181 Å². The summed E-state index contributed by atoms with van der Waals surface area (Å²) in [5.41, 5.74) is -0.927. The van der Waals surface area contributed by atoms with E-state index in [-0.39, 0.29) is 82.2 Å². The third-order valence-corrected chi connectivity index (χ3v) is 7.88. The molecular formula is C35H66N4O9. The SMILES string of the molecule is CCCCCNC(=O)CCC(CCC(=O)NCCCCC)(CCC(=O)NCCCCC)NC(=O)CCOCCOCCOCCC(=O)O. The number of nitrogens with one attached hydrogen (secondary N) is 4. The first-order valence-electron chi connectivity index (χ1n) is 18.2. The summed E-state index contributed by atoms with van der Waals surface area (Å²) in [6, 6.07) is 0. The van der Waals surface area contributed by atoms with Gasteiger partial charge in [-0.2, -0.15) is 0 Å². The highest BCUT2D eigenvalue weighted by Gasteiger charge is 2.33. The highest BCUT2D eigenvalue weighted by molar-refractivity contribution is 5.80. The summed E-state index contributed by atoms with van der Waals surface area (Å²) >= 11 is 0. The summed E-state index contributed by atoms with van der Waals surface area (Å²) in [7, 11) is 0. The lowest BCUT2D eigenvalue weighted by atomic mass is 9.83. The molecule has 0 saturated carbocycles. The molecule has 0 aliphatic rings. The lowest BCUT2D eigenvalue weighted by Crippen LogP contribution is -2.50. The van der Waals surface area contributed by atoms with E-state index >= 15 is 0 Å². The van der Waals surface area contributed by atoms with Crippen molar-refractivity contribution in [2.45, 2.75) is 135 Å². The van der Waals surface area contributed by atoms with Crippen LogP contribution in [0, 0.1) is 0 Å². The first-order valence-corrected chi connectivity index (χ1v) is 18.2. The molecule has 0 heterocycles. The fourth-order valence-electron chi connectivity index (χ4n) is 4.92. The molecule has 5 N–H and O–H groups in total. The van der Waals surface area contributed by atoms with Gasteiger partial charge in [-0.25, -0.2) is 0 Å². The molecule has 0 radical (unpaired) electrons. The molecule has 13 nitrogen and oxygen atoms in total. The fraction of sp³-hybridized carbons (Fsp3) is 0.857. The predicted molar refractivity (Wildman–Crippen MR) is 186 cm³/mol. The summed E-state index contributed by atoms with van der Waals surface area (Å²) in [5.74, 6) is -1.55. The third-order valence-electron chi connectivity index (χ3n) is 7.88. The molecule has 48 heavy (non-hydrogen) atoms. The number of amides is 4. The number of rotatable bonds is 34. The summed E-state index contributed by atoms with van der Waals surface area (Å²) < 4.78 is 16.1. The van der Waals surface area contributed by atoms with Gasteiger partial charge in [-0.1, -0.05) is 59.3 Å². The second-order valence-corrected chi connectivity index (χ2v) is 12.2. The maximum absolute atomic E-state index is 13.2. The van der Waals surface area contributed by atoms with Crippen LogP contribution in [0.1, 0.15) is 130 Å². The number of hydrogen-bond donors (Lipinski definition) is 5. The standard InChI is InChI=1S/C35H66N4O9/c1-4-7-10-21-36-30(40)13-18-35(19-14-31(41)37-22-11-8-5-2,20-15-32(42)38-23-12-9-6-3)39-33(43)16-24-46-26-28-48-29-27-47-25-17-34(44)45/h4-29H2,1-3H3,(H,36,40)(H,37,41)(H,38,42)(H,39,43)(H,44,45). The second-order valence-electron chi connectivity index (χ2n) is 12.2. The maximum Gasteiger partial charge on any atom is 0.305 e. The predicted octanol–water partition coefficient (Wildman–Crippen LogP) is 4.02. The zero-order valence-corrected chi connectivity index (χ0v) is 30.1. The highest BCUT2D eigenvalue weighted by atomic mass is 16.5. The molecule has 0 bridgehead atoms. The van der Waals surface area contributed by atoms with Crippen molar-refractivity contribution >= 4 is 29.6 Å². The molecule has 13 heteroatoms. The number of carboxylic acids is 1. The molecule has 0 aromatic carbocycles. The number of ether oxygens (including phenoxy) is 3. The zero-order valence-electron chi connectivity index (χ0n) is 30.1. The lowest BCUT2D eigenvalue weighted by Gasteiger charge is -2.35. The minimum Gasteiger partial charge on any atom is -0.481 e. The number of carboxylic acid groups (broad SMARTS) is 1. The smallest absolute Gasteiger partial charge is 0.305 e. The van der Waals surface area contributed by atoms with Crippen LogP contribution in [-0.2, 0) is 38.2 Å². The van der Waals surface area contributed by atoms with Crippen LogP contribution in [0.4, 0.5) is 0 Å². The van der Waals surface area contributed by atoms with Gasteiger partial charge in [0.15, 0.2) is 0 Å². The van der Waals surface area contributed by atoms with Crippen LogP contribution in [0.2, 0.25) is 0 Å². The number of unbranched alkanes of at least 4 members (excludes halogenated alkanes) is 6. The second kappa shape index (κ2) is 31.5. The van der Waals surface area contributed by atoms with E-state index in [4.69, 9.17) is 19.3 Å². The van der Waals surface area contributed by atoms with E-state index in [1.54, 1.807) is 0 Å². The van der Waals surface area contributed by atoms with Gasteiger partial charge in [0, 0.05) is 50.9 Å². The van der Waals surface area contributed by atoms with Gasteiger partial charge in [0.25, 0.3) is 0 Å². The molecule has 0 aliphatic carbocycles. The van der Waals surface area contributed by atoms with Crippen molar-refractivity contribution in [3.8, 4) is 0 Å². The van der Waals surface area contributed by atoms with E-state index in [9.17, 15) is 24.0 Å². The van der Waals surface area contributed by atoms with Crippen LogP contribution in [-0.4, -0.2) is 99.5 Å². The Labute approximate surface area is 288 Å². The van der Waals surface area contributed by atoms with E-state index in [0.717, 1.165) is 57.8 Å². The summed E-state index contributed by atoms with van der Waals surface area (Å²) in [4.78, 5) is 62.0. The molecule has 0 rings (SSSR count). The van der Waals surface area contributed by atoms with Crippen LogP contribution in [0.3, 0.4) is 0 Å². The molecule has 0 unspecified atom stereocenters. The monoisotopic (exact) mass is 686 g/mol. The minimum atomic E-state index is -0.927. The average Bonchev–Trinajstić information content (AvgIpc) is 3.06. The van der Waals surface area contributed by atoms with Crippen molar-refractivity contribution in [3.05, 3.63) is 0 Å². The maximum atomic E-state index is 13.2. The Morgan fingerprint density at radius 1 is 0.479 bits per heavy atom. The van der Waals surface area contributed by atoms with Gasteiger partial charge in [0.1, 0.15) is 0 Å². The third kappa shape index (κ3) is 28.3. The average molecular weight is 687 g/mol. The first kappa shape index (κ1) is 45.2. The van der Waals surface area contributed by atoms with Crippen LogP contribution < -0.4 is 21.3 Å². The molecule has 0 aromatic rings. The molecule has 0 aromatic heterocycles. The summed E-state index contributed by atoms with van der Waals surface area (Å²) in [5, 5.41) is 20.6. The molecule has 0 atom stereocenters. The highest BCUT2D eigenvalue weighted by Crippen LogP contribution is 2.26. The number of aliphatic carboxylic acids is 1. The van der Waals surface area contributed by atoms with E-state index in [2.05, 4.69) is 42.0 Å². The van der Waals surface area contributed by atoms with E-state index in [1.807, 2.05) is 0 Å². The Balaban J connectivity index is 5.29. The van der Waals surface area contributed by atoms with Crippen molar-refractivity contribution in [2.24, 2.45) is 0 Å². The minimum absolute atomic E-state index is 0.0583. The molecule has 0 spiro atoms. The van der Waals surface area contributed by atoms with Crippen LogP contribution in [0.5, 0.6) is 0 Å². The molecule has 0 aliphatic heterocycles. The number of carbonyl (C=O) groups is 5. The van der Waals surface area contributed by atoms with Gasteiger partial charge in [-0.3, -0.25) is 24.0 Å². The van der Waals surface area contributed by atoms with Crippen LogP contribution in [0.25, 0.3) is 0 Å². The largest absolute Gasteiger partial charge is 0.481 e.